The van der Waals surface area contributed by atoms with Gasteiger partial charge >= 0.3 is 0 Å². The van der Waals surface area contributed by atoms with Crippen LogP contribution >= 0.6 is 0 Å². The molecule has 0 amide bonds. The highest BCUT2D eigenvalue weighted by molar-refractivity contribution is 5.58. The van der Waals surface area contributed by atoms with Gasteiger partial charge in [0, 0.05) is 25.8 Å². The number of rotatable bonds is 5. The van der Waals surface area contributed by atoms with Crippen molar-refractivity contribution < 1.29 is 0 Å². The van der Waals surface area contributed by atoms with Crippen molar-refractivity contribution in [2.24, 2.45) is 5.92 Å². The summed E-state index contributed by atoms with van der Waals surface area (Å²) in [7, 11) is 2.17. The first-order chi connectivity index (χ1) is 8.16. The van der Waals surface area contributed by atoms with Crippen LogP contribution in [0, 0.1) is 5.92 Å². The van der Waals surface area contributed by atoms with Gasteiger partial charge in [0.1, 0.15) is 0 Å². The van der Waals surface area contributed by atoms with Gasteiger partial charge in [-0.1, -0.05) is 26.0 Å². The molecule has 1 aromatic rings. The number of nitrogens with one attached hydrogen (secondary N) is 1. The van der Waals surface area contributed by atoms with Crippen molar-refractivity contribution in [1.82, 2.24) is 5.32 Å². The van der Waals surface area contributed by atoms with Gasteiger partial charge in [-0.25, -0.2) is 0 Å². The lowest BCUT2D eigenvalue weighted by Gasteiger charge is -2.12. The molecule has 2 nitrogen and oxygen atoms in total. The van der Waals surface area contributed by atoms with E-state index in [9.17, 15) is 0 Å². The Morgan fingerprint density at radius 2 is 2.18 bits per heavy atom. The molecule has 0 bridgehead atoms. The van der Waals surface area contributed by atoms with Gasteiger partial charge in [0.25, 0.3) is 0 Å². The Hall–Kier alpha value is -1.02. The van der Waals surface area contributed by atoms with E-state index in [1.54, 1.807) is 0 Å². The van der Waals surface area contributed by atoms with Crippen molar-refractivity contribution in [3.05, 3.63) is 29.3 Å². The van der Waals surface area contributed by atoms with Crippen LogP contribution < -0.4 is 10.2 Å². The maximum Gasteiger partial charge on any atom is 0.0397 e. The van der Waals surface area contributed by atoms with E-state index in [0.717, 1.165) is 19.0 Å². The van der Waals surface area contributed by atoms with Crippen molar-refractivity contribution in [3.63, 3.8) is 0 Å². The Kier molecular flexibility index (Phi) is 4.06. The predicted octanol–water partition coefficient (Wildman–Crippen LogP) is 2.81. The minimum atomic E-state index is 0.788. The van der Waals surface area contributed by atoms with E-state index in [1.807, 2.05) is 0 Å². The first kappa shape index (κ1) is 12.4. The minimum Gasteiger partial charge on any atom is -0.374 e. The number of nitrogens with zero attached hydrogens (tertiary/aromatic N) is 1. The molecule has 0 spiro atoms. The summed E-state index contributed by atoms with van der Waals surface area (Å²) in [5, 5.41) is 3.52. The molecule has 1 heterocycles. The molecule has 1 aliphatic heterocycles. The molecule has 0 aromatic heterocycles. The third-order valence-electron chi connectivity index (χ3n) is 3.50. The Labute approximate surface area is 105 Å². The lowest BCUT2D eigenvalue weighted by molar-refractivity contribution is 0.537. The van der Waals surface area contributed by atoms with Crippen molar-refractivity contribution in [2.45, 2.75) is 33.2 Å². The summed E-state index contributed by atoms with van der Waals surface area (Å²) < 4.78 is 0. The normalized spacial score (nSPS) is 14.5. The van der Waals surface area contributed by atoms with Crippen molar-refractivity contribution >= 4 is 5.69 Å². The van der Waals surface area contributed by atoms with Crippen LogP contribution in [0.15, 0.2) is 18.2 Å². The second kappa shape index (κ2) is 5.54. The fourth-order valence-electron chi connectivity index (χ4n) is 2.35. The molecule has 0 radical (unpaired) electrons. The molecule has 0 saturated carbocycles. The third kappa shape index (κ3) is 3.22. The maximum absolute atomic E-state index is 3.52. The molecule has 2 heteroatoms. The number of benzene rings is 1. The van der Waals surface area contributed by atoms with Gasteiger partial charge in [-0.15, -0.1) is 0 Å². The van der Waals surface area contributed by atoms with Gasteiger partial charge in [-0.2, -0.15) is 0 Å². The summed E-state index contributed by atoms with van der Waals surface area (Å²) in [4.78, 5) is 2.34. The van der Waals surface area contributed by atoms with E-state index >= 15 is 0 Å². The number of anilines is 1. The molecule has 0 atom stereocenters. The average Bonchev–Trinajstić information content (AvgIpc) is 2.66. The maximum atomic E-state index is 3.52. The topological polar surface area (TPSA) is 15.3 Å². The Morgan fingerprint density at radius 3 is 2.94 bits per heavy atom. The highest BCUT2D eigenvalue weighted by Crippen LogP contribution is 2.27. The lowest BCUT2D eigenvalue weighted by atomic mass is 10.1. The first-order valence-corrected chi connectivity index (χ1v) is 6.70. The highest BCUT2D eigenvalue weighted by Gasteiger charge is 2.15. The number of likely N-dealkylation sites (N-methyl/N-ethyl adjacent to an activating group) is 1. The van der Waals surface area contributed by atoms with Gasteiger partial charge in [0.15, 0.2) is 0 Å². The molecule has 1 aliphatic rings. The summed E-state index contributed by atoms with van der Waals surface area (Å²) in [5.41, 5.74) is 4.34. The molecule has 0 fully saturated rings. The van der Waals surface area contributed by atoms with E-state index < -0.39 is 0 Å². The largest absolute Gasteiger partial charge is 0.374 e. The second-order valence-corrected chi connectivity index (χ2v) is 5.49. The van der Waals surface area contributed by atoms with Crippen LogP contribution in [0.4, 0.5) is 5.69 Å². The number of hydrogen-bond acceptors (Lipinski definition) is 2. The monoisotopic (exact) mass is 232 g/mol. The first-order valence-electron chi connectivity index (χ1n) is 6.70. The van der Waals surface area contributed by atoms with Crippen LogP contribution in [0.25, 0.3) is 0 Å². The molecule has 0 unspecified atom stereocenters. The summed E-state index contributed by atoms with van der Waals surface area (Å²) in [6, 6.07) is 6.88. The van der Waals surface area contributed by atoms with Gasteiger partial charge < -0.3 is 10.2 Å². The van der Waals surface area contributed by atoms with E-state index in [0.29, 0.717) is 0 Å². The van der Waals surface area contributed by atoms with Crippen molar-refractivity contribution in [2.75, 3.05) is 25.0 Å². The average molecular weight is 232 g/mol. The van der Waals surface area contributed by atoms with Gasteiger partial charge in [0.05, 0.1) is 0 Å². The van der Waals surface area contributed by atoms with E-state index in [1.165, 1.54) is 36.2 Å². The SMILES string of the molecule is CC(C)CCNCc1ccc2c(c1)CCN2C. The van der Waals surface area contributed by atoms with E-state index in [-0.39, 0.29) is 0 Å². The highest BCUT2D eigenvalue weighted by atomic mass is 15.1. The lowest BCUT2D eigenvalue weighted by Crippen LogP contribution is -2.16. The van der Waals surface area contributed by atoms with E-state index in [4.69, 9.17) is 0 Å². The summed E-state index contributed by atoms with van der Waals surface area (Å²) in [5.74, 6) is 0.788. The smallest absolute Gasteiger partial charge is 0.0397 e. The van der Waals surface area contributed by atoms with Crippen molar-refractivity contribution in [1.29, 1.82) is 0 Å². The molecule has 94 valence electrons. The van der Waals surface area contributed by atoms with Crippen LogP contribution in [-0.2, 0) is 13.0 Å². The van der Waals surface area contributed by atoms with E-state index in [2.05, 4.69) is 49.3 Å². The van der Waals surface area contributed by atoms with Crippen molar-refractivity contribution in [3.8, 4) is 0 Å². The van der Waals surface area contributed by atoms with Crippen LogP contribution in [0.1, 0.15) is 31.4 Å². The fourth-order valence-corrected chi connectivity index (χ4v) is 2.35. The van der Waals surface area contributed by atoms with Gasteiger partial charge in [0.2, 0.25) is 0 Å². The molecular formula is C15H24N2. The van der Waals surface area contributed by atoms with Crippen LogP contribution in [0.5, 0.6) is 0 Å². The Balaban J connectivity index is 1.86. The Morgan fingerprint density at radius 1 is 1.35 bits per heavy atom. The zero-order valence-corrected chi connectivity index (χ0v) is 11.3. The third-order valence-corrected chi connectivity index (χ3v) is 3.50. The van der Waals surface area contributed by atoms with Crippen LogP contribution in [0.3, 0.4) is 0 Å². The zero-order chi connectivity index (χ0) is 12.3. The number of fused-ring (bicyclic) bond motifs is 1. The molecule has 1 N–H and O–H groups in total. The van der Waals surface area contributed by atoms with Crippen LogP contribution in [0.2, 0.25) is 0 Å². The fraction of sp³-hybridized carbons (Fsp3) is 0.600. The second-order valence-electron chi connectivity index (χ2n) is 5.49. The molecular weight excluding hydrogens is 208 g/mol. The standard InChI is InChI=1S/C15H24N2/c1-12(2)6-8-16-11-13-4-5-15-14(10-13)7-9-17(15)3/h4-5,10,12,16H,6-9,11H2,1-3H3. The summed E-state index contributed by atoms with van der Waals surface area (Å²) >= 11 is 0. The molecule has 17 heavy (non-hydrogen) atoms. The predicted molar refractivity (Wildman–Crippen MR) is 74.6 cm³/mol. The summed E-state index contributed by atoms with van der Waals surface area (Å²) in [6.45, 7) is 7.83. The van der Waals surface area contributed by atoms with Gasteiger partial charge in [-0.3, -0.25) is 0 Å². The zero-order valence-electron chi connectivity index (χ0n) is 11.3. The quantitative estimate of drug-likeness (QED) is 0.785. The molecule has 0 saturated heterocycles. The molecule has 2 rings (SSSR count). The Bertz CT molecular complexity index is 371. The minimum absolute atomic E-state index is 0.788. The van der Waals surface area contributed by atoms with Gasteiger partial charge in [-0.05, 0) is 42.5 Å². The van der Waals surface area contributed by atoms with Crippen LogP contribution in [-0.4, -0.2) is 20.1 Å². The molecule has 1 aromatic carbocycles. The molecule has 0 aliphatic carbocycles. The number of hydrogen-bond donors (Lipinski definition) is 1. The summed E-state index contributed by atoms with van der Waals surface area (Å²) in [6.07, 6.45) is 2.46.